The van der Waals surface area contributed by atoms with Crippen molar-refractivity contribution in [2.45, 2.75) is 39.7 Å². The molecule has 2 rings (SSSR count). The lowest BCUT2D eigenvalue weighted by atomic mass is 9.81. The first-order valence-corrected chi connectivity index (χ1v) is 6.79. The van der Waals surface area contributed by atoms with Crippen molar-refractivity contribution < 1.29 is 0 Å². The lowest BCUT2D eigenvalue weighted by Gasteiger charge is -2.36. The fraction of sp³-hybridized carbons (Fsp3) is 0.538. The number of anilines is 1. The molecule has 0 spiro atoms. The summed E-state index contributed by atoms with van der Waals surface area (Å²) in [5.41, 5.74) is 2.85. The van der Waals surface area contributed by atoms with Gasteiger partial charge in [0.25, 0.3) is 0 Å². The van der Waals surface area contributed by atoms with Gasteiger partial charge in [0.2, 0.25) is 0 Å². The molecule has 1 aliphatic heterocycles. The smallest absolute Gasteiger partial charge is 0.0552 e. The quantitative estimate of drug-likeness (QED) is 0.720. The van der Waals surface area contributed by atoms with Gasteiger partial charge in [0.15, 0.2) is 0 Å². The monoisotopic (exact) mass is 301 g/mol. The molecule has 1 heterocycles. The third-order valence-corrected chi connectivity index (χ3v) is 4.42. The molecule has 1 unspecified atom stereocenters. The predicted molar refractivity (Wildman–Crippen MR) is 74.3 cm³/mol. The Bertz CT molecular complexity index is 409. The second-order valence-corrected chi connectivity index (χ2v) is 6.79. The Kier molecular flexibility index (Phi) is 3.24. The molecule has 88 valence electrons. The molecule has 1 nitrogen and oxygen atoms in total. The maximum absolute atomic E-state index is 6.10. The van der Waals surface area contributed by atoms with E-state index in [1.807, 2.05) is 0 Å². The molecule has 0 saturated heterocycles. The maximum Gasteiger partial charge on any atom is 0.0552 e. The molecule has 1 atom stereocenters. The van der Waals surface area contributed by atoms with Gasteiger partial charge in [-0.25, -0.2) is 0 Å². The molecular formula is C13H17BrClN. The minimum Gasteiger partial charge on any atom is -0.382 e. The van der Waals surface area contributed by atoms with Crippen LogP contribution in [-0.4, -0.2) is 6.04 Å². The SMILES string of the molecule is CC(C)(C)C1CCc2cc(Cl)c(Br)cc2N1. The summed E-state index contributed by atoms with van der Waals surface area (Å²) in [5, 5.41) is 4.42. The Labute approximate surface area is 111 Å². The first kappa shape index (κ1) is 12.3. The zero-order valence-corrected chi connectivity index (χ0v) is 12.2. The van der Waals surface area contributed by atoms with E-state index in [0.717, 1.165) is 15.9 Å². The van der Waals surface area contributed by atoms with Gasteiger partial charge < -0.3 is 5.32 Å². The Balaban J connectivity index is 2.31. The summed E-state index contributed by atoms with van der Waals surface area (Å²) >= 11 is 9.57. The van der Waals surface area contributed by atoms with Crippen LogP contribution in [0.25, 0.3) is 0 Å². The summed E-state index contributed by atoms with van der Waals surface area (Å²) in [4.78, 5) is 0. The molecule has 0 radical (unpaired) electrons. The molecule has 1 N–H and O–H groups in total. The summed E-state index contributed by atoms with van der Waals surface area (Å²) in [7, 11) is 0. The van der Waals surface area contributed by atoms with E-state index in [9.17, 15) is 0 Å². The van der Waals surface area contributed by atoms with Crippen molar-refractivity contribution >= 4 is 33.2 Å². The van der Waals surface area contributed by atoms with Crippen LogP contribution in [-0.2, 0) is 6.42 Å². The van der Waals surface area contributed by atoms with Gasteiger partial charge in [-0.1, -0.05) is 32.4 Å². The van der Waals surface area contributed by atoms with Gasteiger partial charge in [-0.3, -0.25) is 0 Å². The van der Waals surface area contributed by atoms with Gasteiger partial charge in [-0.15, -0.1) is 0 Å². The fourth-order valence-corrected chi connectivity index (χ4v) is 2.67. The van der Waals surface area contributed by atoms with Gasteiger partial charge in [-0.2, -0.15) is 0 Å². The summed E-state index contributed by atoms with van der Waals surface area (Å²) in [6.45, 7) is 6.84. The van der Waals surface area contributed by atoms with Crippen molar-refractivity contribution in [1.82, 2.24) is 0 Å². The standard InChI is InChI=1S/C13H17BrClN/c1-13(2,3)12-5-4-8-6-10(15)9(14)7-11(8)16-12/h6-7,12,16H,4-5H2,1-3H3. The van der Waals surface area contributed by atoms with Crippen LogP contribution in [0.4, 0.5) is 5.69 Å². The van der Waals surface area contributed by atoms with E-state index in [1.165, 1.54) is 17.7 Å². The van der Waals surface area contributed by atoms with Crippen molar-refractivity contribution in [3.05, 3.63) is 27.2 Å². The van der Waals surface area contributed by atoms with Gasteiger partial charge in [0.05, 0.1) is 5.02 Å². The molecule has 0 saturated carbocycles. The molecule has 0 aromatic heterocycles. The van der Waals surface area contributed by atoms with E-state index in [1.54, 1.807) is 0 Å². The number of benzene rings is 1. The van der Waals surface area contributed by atoms with Crippen LogP contribution >= 0.6 is 27.5 Å². The van der Waals surface area contributed by atoms with E-state index in [-0.39, 0.29) is 0 Å². The summed E-state index contributed by atoms with van der Waals surface area (Å²) in [5.74, 6) is 0. The topological polar surface area (TPSA) is 12.0 Å². The van der Waals surface area contributed by atoms with Gasteiger partial charge >= 0.3 is 0 Å². The lowest BCUT2D eigenvalue weighted by Crippen LogP contribution is -2.37. The van der Waals surface area contributed by atoms with Gasteiger partial charge in [-0.05, 0) is 51.9 Å². The van der Waals surface area contributed by atoms with Crippen molar-refractivity contribution in [1.29, 1.82) is 0 Å². The van der Waals surface area contributed by atoms with Crippen LogP contribution in [0, 0.1) is 5.41 Å². The number of fused-ring (bicyclic) bond motifs is 1. The Morgan fingerprint density at radius 2 is 2.06 bits per heavy atom. The summed E-state index contributed by atoms with van der Waals surface area (Å²) in [6, 6.07) is 4.69. The highest BCUT2D eigenvalue weighted by Gasteiger charge is 2.28. The fourth-order valence-electron chi connectivity index (χ4n) is 2.14. The summed E-state index contributed by atoms with van der Waals surface area (Å²) < 4.78 is 0.968. The molecule has 1 aromatic carbocycles. The van der Waals surface area contributed by atoms with E-state index < -0.39 is 0 Å². The molecule has 0 fully saturated rings. The summed E-state index contributed by atoms with van der Waals surface area (Å²) in [6.07, 6.45) is 2.28. The molecule has 0 aliphatic carbocycles. The molecule has 1 aliphatic rings. The first-order valence-electron chi connectivity index (χ1n) is 5.62. The zero-order valence-electron chi connectivity index (χ0n) is 9.90. The Hall–Kier alpha value is -0.210. The molecule has 3 heteroatoms. The maximum atomic E-state index is 6.10. The third-order valence-electron chi connectivity index (χ3n) is 3.22. The van der Waals surface area contributed by atoms with Crippen LogP contribution in [0.3, 0.4) is 0 Å². The number of rotatable bonds is 0. The normalized spacial score (nSPS) is 20.2. The van der Waals surface area contributed by atoms with Crippen LogP contribution in [0.1, 0.15) is 32.8 Å². The third kappa shape index (κ3) is 2.38. The van der Waals surface area contributed by atoms with Gasteiger partial charge in [0.1, 0.15) is 0 Å². The van der Waals surface area contributed by atoms with Crippen LogP contribution in [0.15, 0.2) is 16.6 Å². The van der Waals surface area contributed by atoms with E-state index in [2.05, 4.69) is 54.2 Å². The Morgan fingerprint density at radius 1 is 1.38 bits per heavy atom. The lowest BCUT2D eigenvalue weighted by molar-refractivity contribution is 0.321. The highest BCUT2D eigenvalue weighted by molar-refractivity contribution is 9.10. The average molecular weight is 303 g/mol. The minimum atomic E-state index is 0.295. The Morgan fingerprint density at radius 3 is 2.69 bits per heavy atom. The highest BCUT2D eigenvalue weighted by atomic mass is 79.9. The van der Waals surface area contributed by atoms with E-state index >= 15 is 0 Å². The number of aryl methyl sites for hydroxylation is 1. The molecule has 1 aromatic rings. The van der Waals surface area contributed by atoms with Crippen molar-refractivity contribution in [3.8, 4) is 0 Å². The second-order valence-electron chi connectivity index (χ2n) is 5.53. The second kappa shape index (κ2) is 4.23. The van der Waals surface area contributed by atoms with Crippen molar-refractivity contribution in [2.24, 2.45) is 5.41 Å². The number of halogens is 2. The van der Waals surface area contributed by atoms with Crippen molar-refractivity contribution in [3.63, 3.8) is 0 Å². The predicted octanol–water partition coefficient (Wildman–Crippen LogP) is 4.88. The molecule has 16 heavy (non-hydrogen) atoms. The van der Waals surface area contributed by atoms with Crippen LogP contribution in [0.2, 0.25) is 5.02 Å². The molecular weight excluding hydrogens is 286 g/mol. The average Bonchev–Trinajstić information content (AvgIpc) is 2.17. The van der Waals surface area contributed by atoms with Crippen molar-refractivity contribution in [2.75, 3.05) is 5.32 Å². The first-order chi connectivity index (χ1) is 7.38. The van der Waals surface area contributed by atoms with E-state index in [0.29, 0.717) is 11.5 Å². The highest BCUT2D eigenvalue weighted by Crippen LogP contribution is 2.37. The molecule has 0 bridgehead atoms. The largest absolute Gasteiger partial charge is 0.382 e. The van der Waals surface area contributed by atoms with Gasteiger partial charge in [0, 0.05) is 16.2 Å². The van der Waals surface area contributed by atoms with Crippen LogP contribution < -0.4 is 5.32 Å². The number of nitrogens with one attached hydrogen (secondary N) is 1. The minimum absolute atomic E-state index is 0.295. The molecule has 0 amide bonds. The zero-order chi connectivity index (χ0) is 11.9. The number of hydrogen-bond donors (Lipinski definition) is 1. The van der Waals surface area contributed by atoms with Crippen LogP contribution in [0.5, 0.6) is 0 Å². The number of hydrogen-bond acceptors (Lipinski definition) is 1. The van der Waals surface area contributed by atoms with E-state index in [4.69, 9.17) is 11.6 Å².